The molecular formula is C15H14F3N3O4S2. The van der Waals surface area contributed by atoms with Crippen LogP contribution in [0.5, 0.6) is 0 Å². The number of nitrogens with one attached hydrogen (secondary N) is 1. The van der Waals surface area contributed by atoms with Gasteiger partial charge < -0.3 is 11.1 Å². The van der Waals surface area contributed by atoms with Crippen molar-refractivity contribution in [3.63, 3.8) is 0 Å². The minimum Gasteiger partial charge on any atom is -0.366 e. The number of nitrogens with zero attached hydrogens (tertiary/aromatic N) is 1. The monoisotopic (exact) mass is 421 g/mol. The molecule has 2 aromatic rings. The molecule has 1 heterocycles. The quantitative estimate of drug-likeness (QED) is 0.714. The number of hydrogen-bond donors (Lipinski definition) is 2. The first-order chi connectivity index (χ1) is 12.5. The van der Waals surface area contributed by atoms with Gasteiger partial charge in [0.25, 0.3) is 28.3 Å². The molecule has 27 heavy (non-hydrogen) atoms. The van der Waals surface area contributed by atoms with Gasteiger partial charge in [0.05, 0.1) is 17.7 Å². The number of nitrogens with two attached hydrogens (primary N) is 1. The zero-order valence-corrected chi connectivity index (χ0v) is 15.4. The first-order valence-electron chi connectivity index (χ1n) is 7.28. The number of carbonyl (C=O) groups excluding carboxylic acids is 2. The van der Waals surface area contributed by atoms with E-state index in [4.69, 9.17) is 5.73 Å². The first-order valence-corrected chi connectivity index (χ1v) is 9.53. The summed E-state index contributed by atoms with van der Waals surface area (Å²) in [6.45, 7) is -1.05. The van der Waals surface area contributed by atoms with E-state index in [9.17, 15) is 31.2 Å². The molecule has 0 bridgehead atoms. The van der Waals surface area contributed by atoms with Gasteiger partial charge in [0, 0.05) is 7.05 Å². The lowest BCUT2D eigenvalue weighted by Crippen LogP contribution is -2.30. The van der Waals surface area contributed by atoms with Crippen molar-refractivity contribution in [3.8, 4) is 0 Å². The number of thiophene rings is 1. The topological polar surface area (TPSA) is 110 Å². The Bertz CT molecular complexity index is 976. The molecule has 0 fully saturated rings. The van der Waals surface area contributed by atoms with Crippen LogP contribution in [0.4, 0.5) is 18.2 Å². The van der Waals surface area contributed by atoms with Crippen LogP contribution in [-0.4, -0.2) is 44.6 Å². The highest BCUT2D eigenvalue weighted by Crippen LogP contribution is 2.33. The summed E-state index contributed by atoms with van der Waals surface area (Å²) in [6.07, 6.45) is -2.90. The second kappa shape index (κ2) is 8.06. The fourth-order valence-electron chi connectivity index (χ4n) is 2.03. The largest absolute Gasteiger partial charge is 0.366 e. The average molecular weight is 421 g/mol. The molecule has 0 saturated carbocycles. The fourth-order valence-corrected chi connectivity index (χ4v) is 4.76. The molecular weight excluding hydrogens is 407 g/mol. The molecule has 0 atom stereocenters. The first kappa shape index (κ1) is 20.9. The molecule has 0 spiro atoms. The number of halogens is 3. The number of hydrogen-bond acceptors (Lipinski definition) is 5. The number of carbonyl (C=O) groups is 2. The lowest BCUT2D eigenvalue weighted by atomic mass is 10.2. The van der Waals surface area contributed by atoms with Crippen LogP contribution in [0.2, 0.25) is 0 Å². The minimum atomic E-state index is -4.34. The van der Waals surface area contributed by atoms with Crippen LogP contribution in [0, 0.1) is 5.82 Å². The fraction of sp³-hybridized carbons (Fsp3) is 0.200. The van der Waals surface area contributed by atoms with Crippen molar-refractivity contribution in [3.05, 3.63) is 47.3 Å². The molecule has 1 aromatic carbocycles. The molecule has 1 aromatic heterocycles. The second-order valence-corrected chi connectivity index (χ2v) is 8.61. The highest BCUT2D eigenvalue weighted by atomic mass is 32.2. The average Bonchev–Trinajstić information content (AvgIpc) is 2.99. The van der Waals surface area contributed by atoms with Gasteiger partial charge >= 0.3 is 0 Å². The number of alkyl halides is 2. The van der Waals surface area contributed by atoms with Gasteiger partial charge in [-0.2, -0.15) is 4.31 Å². The number of amides is 2. The van der Waals surface area contributed by atoms with Crippen LogP contribution in [0.25, 0.3) is 0 Å². The van der Waals surface area contributed by atoms with E-state index in [2.05, 4.69) is 5.32 Å². The van der Waals surface area contributed by atoms with Crippen molar-refractivity contribution in [2.45, 2.75) is 10.6 Å². The normalized spacial score (nSPS) is 11.8. The van der Waals surface area contributed by atoms with Crippen LogP contribution >= 0.6 is 11.3 Å². The Morgan fingerprint density at radius 2 is 1.89 bits per heavy atom. The van der Waals surface area contributed by atoms with Crippen LogP contribution in [-0.2, 0) is 10.0 Å². The maximum Gasteiger partial charge on any atom is 0.259 e. The SMILES string of the molecule is CN(CC(F)F)S(=O)(=O)c1cc(C(N)=O)c(NC(=O)c2ccccc2F)s1. The standard InChI is InChI=1S/C15H14F3N3O4S2/c1-21(7-11(17)18)27(24,25)12-6-9(13(19)22)15(26-12)20-14(23)8-4-2-3-5-10(8)16/h2-6,11H,7H2,1H3,(H2,19,22)(H,20,23). The molecule has 0 saturated heterocycles. The lowest BCUT2D eigenvalue weighted by Gasteiger charge is -2.14. The van der Waals surface area contributed by atoms with Crippen LogP contribution < -0.4 is 11.1 Å². The van der Waals surface area contributed by atoms with Gasteiger partial charge in [-0.1, -0.05) is 12.1 Å². The molecule has 12 heteroatoms. The lowest BCUT2D eigenvalue weighted by molar-refractivity contribution is 0.100. The number of anilines is 1. The highest BCUT2D eigenvalue weighted by molar-refractivity contribution is 7.91. The molecule has 7 nitrogen and oxygen atoms in total. The van der Waals surface area contributed by atoms with Gasteiger partial charge in [0.15, 0.2) is 0 Å². The maximum absolute atomic E-state index is 13.7. The molecule has 0 unspecified atom stereocenters. The summed E-state index contributed by atoms with van der Waals surface area (Å²) in [7, 11) is -3.39. The summed E-state index contributed by atoms with van der Waals surface area (Å²) in [5.41, 5.74) is 4.51. The van der Waals surface area contributed by atoms with Crippen LogP contribution in [0.3, 0.4) is 0 Å². The molecule has 2 rings (SSSR count). The number of sulfonamides is 1. The summed E-state index contributed by atoms with van der Waals surface area (Å²) in [6, 6.07) is 5.90. The molecule has 2 amide bonds. The molecule has 0 radical (unpaired) electrons. The smallest absolute Gasteiger partial charge is 0.259 e. The van der Waals surface area contributed by atoms with Crippen molar-refractivity contribution in [1.29, 1.82) is 0 Å². The third kappa shape index (κ3) is 4.64. The van der Waals surface area contributed by atoms with E-state index in [0.717, 1.165) is 19.2 Å². The molecule has 146 valence electrons. The Morgan fingerprint density at radius 3 is 2.44 bits per heavy atom. The van der Waals surface area contributed by atoms with Gasteiger partial charge in [0.1, 0.15) is 15.0 Å². The molecule has 0 aliphatic heterocycles. The van der Waals surface area contributed by atoms with E-state index in [0.29, 0.717) is 15.6 Å². The highest BCUT2D eigenvalue weighted by Gasteiger charge is 2.29. The zero-order valence-electron chi connectivity index (χ0n) is 13.8. The van der Waals surface area contributed by atoms with Crippen molar-refractivity contribution in [1.82, 2.24) is 4.31 Å². The molecule has 3 N–H and O–H groups in total. The van der Waals surface area contributed by atoms with E-state index in [1.54, 1.807) is 0 Å². The second-order valence-electron chi connectivity index (χ2n) is 5.28. The Balaban J connectivity index is 2.40. The van der Waals surface area contributed by atoms with E-state index in [1.807, 2.05) is 0 Å². The summed E-state index contributed by atoms with van der Waals surface area (Å²) in [5, 5.41) is 1.99. The van der Waals surface area contributed by atoms with E-state index >= 15 is 0 Å². The maximum atomic E-state index is 13.7. The van der Waals surface area contributed by atoms with Gasteiger partial charge in [-0.05, 0) is 18.2 Å². The Kier molecular flexibility index (Phi) is 6.23. The number of benzene rings is 1. The summed E-state index contributed by atoms with van der Waals surface area (Å²) >= 11 is 0.449. The van der Waals surface area contributed by atoms with Gasteiger partial charge in [-0.3, -0.25) is 9.59 Å². The number of rotatable bonds is 7. The van der Waals surface area contributed by atoms with Crippen molar-refractivity contribution in [2.24, 2.45) is 5.73 Å². The summed E-state index contributed by atoms with van der Waals surface area (Å²) < 4.78 is 63.3. The van der Waals surface area contributed by atoms with Crippen LogP contribution in [0.1, 0.15) is 20.7 Å². The molecule has 0 aliphatic rings. The van der Waals surface area contributed by atoms with Crippen LogP contribution in [0.15, 0.2) is 34.5 Å². The predicted octanol–water partition coefficient (Wildman–Crippen LogP) is 2.12. The number of primary amides is 1. The van der Waals surface area contributed by atoms with Crippen molar-refractivity contribution < 1.29 is 31.2 Å². The third-order valence-corrected chi connectivity index (χ3v) is 6.70. The zero-order chi connectivity index (χ0) is 20.4. The van der Waals surface area contributed by atoms with Gasteiger partial charge in [0.2, 0.25) is 0 Å². The molecule has 0 aliphatic carbocycles. The third-order valence-electron chi connectivity index (χ3n) is 3.38. The summed E-state index contributed by atoms with van der Waals surface area (Å²) in [4.78, 5) is 23.8. The van der Waals surface area contributed by atoms with Gasteiger partial charge in [-0.25, -0.2) is 21.6 Å². The van der Waals surface area contributed by atoms with E-state index in [-0.39, 0.29) is 16.1 Å². The summed E-state index contributed by atoms with van der Waals surface area (Å²) in [5.74, 6) is -2.80. The Labute approximate surface area is 156 Å². The van der Waals surface area contributed by atoms with E-state index in [1.165, 1.54) is 18.2 Å². The Hall–Kier alpha value is -2.44. The van der Waals surface area contributed by atoms with Crippen molar-refractivity contribution >= 4 is 38.2 Å². The van der Waals surface area contributed by atoms with E-state index < -0.39 is 44.8 Å². The predicted molar refractivity (Wildman–Crippen MR) is 93.0 cm³/mol. The van der Waals surface area contributed by atoms with Crippen molar-refractivity contribution in [2.75, 3.05) is 18.9 Å². The van der Waals surface area contributed by atoms with Gasteiger partial charge in [-0.15, -0.1) is 11.3 Å². The Morgan fingerprint density at radius 1 is 1.26 bits per heavy atom. The minimum absolute atomic E-state index is 0.236.